The molecule has 1 aliphatic carbocycles. The number of hydrogen-bond donors (Lipinski definition) is 1. The van der Waals surface area contributed by atoms with Crippen molar-refractivity contribution in [3.05, 3.63) is 34.1 Å². The third kappa shape index (κ3) is 2.40. The average molecular weight is 273 g/mol. The molecular weight excluding hydrogens is 259 g/mol. The van der Waals surface area contributed by atoms with Crippen molar-refractivity contribution in [3.63, 3.8) is 0 Å². The van der Waals surface area contributed by atoms with Crippen molar-refractivity contribution in [2.24, 2.45) is 5.92 Å². The van der Waals surface area contributed by atoms with E-state index in [-0.39, 0.29) is 5.82 Å². The van der Waals surface area contributed by atoms with E-state index >= 15 is 0 Å². The van der Waals surface area contributed by atoms with Crippen LogP contribution in [0.1, 0.15) is 37.4 Å². The quantitative estimate of drug-likeness (QED) is 0.868. The minimum atomic E-state index is -0.440. The Morgan fingerprint density at radius 3 is 2.60 bits per heavy atom. The van der Waals surface area contributed by atoms with Gasteiger partial charge in [0.2, 0.25) is 0 Å². The molecule has 1 N–H and O–H groups in total. The first-order valence-electron chi connectivity index (χ1n) is 5.31. The van der Waals surface area contributed by atoms with Gasteiger partial charge in [-0.3, -0.25) is 0 Å². The van der Waals surface area contributed by atoms with Crippen LogP contribution in [0.5, 0.6) is 0 Å². The Kier molecular flexibility index (Phi) is 3.42. The second-order valence-corrected chi connectivity index (χ2v) is 5.02. The van der Waals surface area contributed by atoms with E-state index in [1.165, 1.54) is 18.9 Å². The lowest BCUT2D eigenvalue weighted by Crippen LogP contribution is -2.08. The van der Waals surface area contributed by atoms with Gasteiger partial charge in [-0.25, -0.2) is 4.39 Å². The van der Waals surface area contributed by atoms with Crippen LogP contribution in [0, 0.1) is 11.7 Å². The molecule has 1 nitrogen and oxygen atoms in total. The Hall–Kier alpha value is -0.410. The van der Waals surface area contributed by atoms with Crippen molar-refractivity contribution in [1.82, 2.24) is 0 Å². The van der Waals surface area contributed by atoms with Gasteiger partial charge >= 0.3 is 0 Å². The summed E-state index contributed by atoms with van der Waals surface area (Å²) in [5.41, 5.74) is 0.815. The first-order chi connectivity index (χ1) is 7.18. The molecule has 0 aliphatic heterocycles. The summed E-state index contributed by atoms with van der Waals surface area (Å²) in [6.45, 7) is 0. The molecule has 1 fully saturated rings. The molecule has 15 heavy (non-hydrogen) atoms. The number of aliphatic hydroxyl groups excluding tert-OH is 1. The van der Waals surface area contributed by atoms with Crippen molar-refractivity contribution >= 4 is 15.9 Å². The van der Waals surface area contributed by atoms with Crippen molar-refractivity contribution in [2.75, 3.05) is 0 Å². The molecule has 1 aliphatic rings. The molecule has 3 heteroatoms. The summed E-state index contributed by atoms with van der Waals surface area (Å²) < 4.78 is 13.4. The molecule has 2 rings (SSSR count). The molecule has 1 aromatic carbocycles. The van der Waals surface area contributed by atoms with E-state index in [9.17, 15) is 9.50 Å². The van der Waals surface area contributed by atoms with Crippen LogP contribution in [0.15, 0.2) is 22.7 Å². The van der Waals surface area contributed by atoms with Crippen LogP contribution < -0.4 is 0 Å². The minimum absolute atomic E-state index is 0.280. The van der Waals surface area contributed by atoms with Crippen LogP contribution in [0.2, 0.25) is 0 Å². The first kappa shape index (κ1) is 11.1. The van der Waals surface area contributed by atoms with Gasteiger partial charge < -0.3 is 5.11 Å². The molecule has 0 heterocycles. The Morgan fingerprint density at radius 1 is 1.33 bits per heavy atom. The smallest absolute Gasteiger partial charge is 0.137 e. The lowest BCUT2D eigenvalue weighted by atomic mass is 9.94. The zero-order valence-corrected chi connectivity index (χ0v) is 10.0. The molecule has 1 aromatic rings. The van der Waals surface area contributed by atoms with E-state index in [1.807, 2.05) is 0 Å². The maximum absolute atomic E-state index is 13.0. The number of aliphatic hydroxyl groups is 1. The summed E-state index contributed by atoms with van der Waals surface area (Å²) >= 11 is 3.14. The van der Waals surface area contributed by atoms with Gasteiger partial charge in [0.25, 0.3) is 0 Å². The second kappa shape index (κ2) is 4.62. The lowest BCUT2D eigenvalue weighted by Gasteiger charge is -2.18. The molecule has 82 valence electrons. The van der Waals surface area contributed by atoms with Crippen molar-refractivity contribution in [2.45, 2.75) is 31.8 Å². The van der Waals surface area contributed by atoms with Crippen molar-refractivity contribution < 1.29 is 9.50 Å². The van der Waals surface area contributed by atoms with Gasteiger partial charge in [-0.1, -0.05) is 18.9 Å². The monoisotopic (exact) mass is 272 g/mol. The fraction of sp³-hybridized carbons (Fsp3) is 0.500. The molecule has 0 radical (unpaired) electrons. The van der Waals surface area contributed by atoms with Crippen LogP contribution in [-0.4, -0.2) is 5.11 Å². The Labute approximate surface area is 97.4 Å². The highest BCUT2D eigenvalue weighted by molar-refractivity contribution is 9.10. The van der Waals surface area contributed by atoms with Gasteiger partial charge in [0, 0.05) is 0 Å². The van der Waals surface area contributed by atoms with Gasteiger partial charge in [0.15, 0.2) is 0 Å². The molecule has 0 amide bonds. The summed E-state index contributed by atoms with van der Waals surface area (Å²) in [4.78, 5) is 0. The fourth-order valence-electron chi connectivity index (χ4n) is 2.24. The molecule has 1 unspecified atom stereocenters. The lowest BCUT2D eigenvalue weighted by molar-refractivity contribution is 0.111. The maximum atomic E-state index is 13.0. The zero-order chi connectivity index (χ0) is 10.8. The van der Waals surface area contributed by atoms with Crippen LogP contribution >= 0.6 is 15.9 Å². The molecule has 1 atom stereocenters. The normalized spacial score (nSPS) is 19.4. The average Bonchev–Trinajstić information content (AvgIpc) is 2.74. The summed E-state index contributed by atoms with van der Waals surface area (Å²) in [7, 11) is 0. The number of rotatable bonds is 2. The summed E-state index contributed by atoms with van der Waals surface area (Å²) in [5.74, 6) is 0.0692. The van der Waals surface area contributed by atoms with Crippen LogP contribution in [0.25, 0.3) is 0 Å². The summed E-state index contributed by atoms with van der Waals surface area (Å²) in [6, 6.07) is 4.75. The number of hydrogen-bond acceptors (Lipinski definition) is 1. The molecule has 1 saturated carbocycles. The Morgan fingerprint density at radius 2 is 2.00 bits per heavy atom. The van der Waals surface area contributed by atoms with E-state index < -0.39 is 6.10 Å². The van der Waals surface area contributed by atoms with Crippen molar-refractivity contribution in [1.29, 1.82) is 0 Å². The Balaban J connectivity index is 2.17. The van der Waals surface area contributed by atoms with E-state index in [0.29, 0.717) is 10.4 Å². The van der Waals surface area contributed by atoms with Crippen LogP contribution in [0.4, 0.5) is 4.39 Å². The SMILES string of the molecule is OC(c1ccc(F)c(Br)c1)C1CCCC1. The van der Waals surface area contributed by atoms with E-state index in [2.05, 4.69) is 15.9 Å². The van der Waals surface area contributed by atoms with Gasteiger partial charge in [0.05, 0.1) is 10.6 Å². The van der Waals surface area contributed by atoms with Crippen LogP contribution in [-0.2, 0) is 0 Å². The molecule has 0 aromatic heterocycles. The van der Waals surface area contributed by atoms with Gasteiger partial charge in [-0.15, -0.1) is 0 Å². The highest BCUT2D eigenvalue weighted by atomic mass is 79.9. The molecular formula is C12H14BrFO. The summed E-state index contributed by atoms with van der Waals surface area (Å²) in [6.07, 6.45) is 4.12. The number of halogens is 2. The molecule has 0 spiro atoms. The third-order valence-corrected chi connectivity index (χ3v) is 3.74. The van der Waals surface area contributed by atoms with Crippen molar-refractivity contribution in [3.8, 4) is 0 Å². The Bertz CT molecular complexity index is 347. The van der Waals surface area contributed by atoms with Crippen LogP contribution in [0.3, 0.4) is 0 Å². The minimum Gasteiger partial charge on any atom is -0.388 e. The zero-order valence-electron chi connectivity index (χ0n) is 8.42. The van der Waals surface area contributed by atoms with Gasteiger partial charge in [-0.05, 0) is 52.4 Å². The predicted octanol–water partition coefficient (Wildman–Crippen LogP) is 3.81. The highest BCUT2D eigenvalue weighted by Crippen LogP contribution is 2.36. The van der Waals surface area contributed by atoms with E-state index in [4.69, 9.17) is 0 Å². The second-order valence-electron chi connectivity index (χ2n) is 4.16. The number of benzene rings is 1. The molecule has 0 bridgehead atoms. The van der Waals surface area contributed by atoms with Gasteiger partial charge in [-0.2, -0.15) is 0 Å². The van der Waals surface area contributed by atoms with E-state index in [1.54, 1.807) is 12.1 Å². The summed E-state index contributed by atoms with van der Waals surface area (Å²) in [5, 5.41) is 10.1. The largest absolute Gasteiger partial charge is 0.388 e. The standard InChI is InChI=1S/C12H14BrFO/c13-10-7-9(5-6-11(10)14)12(15)8-3-1-2-4-8/h5-8,12,15H,1-4H2. The highest BCUT2D eigenvalue weighted by Gasteiger charge is 2.24. The topological polar surface area (TPSA) is 20.2 Å². The van der Waals surface area contributed by atoms with E-state index in [0.717, 1.165) is 18.4 Å². The predicted molar refractivity (Wildman–Crippen MR) is 61.0 cm³/mol. The molecule has 0 saturated heterocycles. The third-order valence-electron chi connectivity index (χ3n) is 3.13. The van der Waals surface area contributed by atoms with Gasteiger partial charge in [0.1, 0.15) is 5.82 Å². The first-order valence-corrected chi connectivity index (χ1v) is 6.11. The fourth-order valence-corrected chi connectivity index (χ4v) is 2.64. The maximum Gasteiger partial charge on any atom is 0.137 e.